The lowest BCUT2D eigenvalue weighted by Gasteiger charge is -2.42. The number of aliphatic carboxylic acids is 1. The quantitative estimate of drug-likeness (QED) is 0.618. The third-order valence-corrected chi connectivity index (χ3v) is 7.44. The summed E-state index contributed by atoms with van der Waals surface area (Å²) < 4.78 is 5.61. The zero-order valence-electron chi connectivity index (χ0n) is 19.1. The number of likely N-dealkylation sites (tertiary alicyclic amines) is 1. The predicted octanol–water partition coefficient (Wildman–Crippen LogP) is 4.02. The largest absolute Gasteiger partial charge is 0.481 e. The normalized spacial score (nSPS) is 21.1. The Morgan fingerprint density at radius 3 is 2.18 bits per heavy atom. The van der Waals surface area contributed by atoms with Crippen molar-refractivity contribution in [3.63, 3.8) is 0 Å². The molecule has 0 bridgehead atoms. The second kappa shape index (κ2) is 9.49. The van der Waals surface area contributed by atoms with Gasteiger partial charge in [0.25, 0.3) is 0 Å². The van der Waals surface area contributed by atoms with Crippen LogP contribution in [0.15, 0.2) is 48.5 Å². The number of amides is 2. The number of ether oxygens (including phenoxy) is 1. The lowest BCUT2D eigenvalue weighted by atomic mass is 9.77. The molecule has 2 fully saturated rings. The molecule has 1 aliphatic heterocycles. The second-order valence-electron chi connectivity index (χ2n) is 9.81. The molecule has 178 valence electrons. The molecule has 0 radical (unpaired) electrons. The molecular formula is C27H30N2O5. The van der Waals surface area contributed by atoms with Crippen molar-refractivity contribution in [1.29, 1.82) is 0 Å². The molecule has 7 heteroatoms. The molecule has 1 heterocycles. The van der Waals surface area contributed by atoms with Crippen molar-refractivity contribution in [1.82, 2.24) is 10.2 Å². The fraction of sp³-hybridized carbons (Fsp3) is 0.444. The fourth-order valence-electron chi connectivity index (χ4n) is 5.49. The molecule has 2 N–H and O–H groups in total. The molecule has 2 aromatic rings. The molecule has 2 aromatic carbocycles. The standard InChI is InChI=1S/C27H30N2O5/c30-25(29-14-17(15-29)9-10-26(31)32)13-18-11-19(12-18)28-27(33)34-16-24-22-7-3-1-5-20(22)21-6-2-4-8-23(21)24/h1-8,17-19,24H,9-16H2,(H,28,33)(H,31,32). The third kappa shape index (κ3) is 4.65. The van der Waals surface area contributed by atoms with Crippen LogP contribution in [0.25, 0.3) is 11.1 Å². The monoisotopic (exact) mass is 462 g/mol. The molecular weight excluding hydrogens is 432 g/mol. The molecule has 2 aliphatic carbocycles. The Hall–Kier alpha value is -3.35. The number of nitrogens with zero attached hydrogens (tertiary/aromatic N) is 1. The van der Waals surface area contributed by atoms with E-state index in [4.69, 9.17) is 9.84 Å². The summed E-state index contributed by atoms with van der Waals surface area (Å²) in [7, 11) is 0. The Bertz CT molecular complexity index is 1040. The Morgan fingerprint density at radius 2 is 1.56 bits per heavy atom. The number of carboxylic acid groups (broad SMARTS) is 1. The highest BCUT2D eigenvalue weighted by molar-refractivity contribution is 5.79. The van der Waals surface area contributed by atoms with Gasteiger partial charge in [0.2, 0.25) is 5.91 Å². The number of hydrogen-bond donors (Lipinski definition) is 2. The summed E-state index contributed by atoms with van der Waals surface area (Å²) in [6.45, 7) is 1.63. The van der Waals surface area contributed by atoms with Gasteiger partial charge in [-0.3, -0.25) is 9.59 Å². The maximum atomic E-state index is 12.4. The number of carbonyl (C=O) groups excluding carboxylic acids is 2. The number of carbonyl (C=O) groups is 3. The minimum atomic E-state index is -0.783. The average Bonchev–Trinajstić information content (AvgIpc) is 3.08. The van der Waals surface area contributed by atoms with Gasteiger partial charge in [-0.1, -0.05) is 48.5 Å². The molecule has 0 aromatic heterocycles. The number of carboxylic acids is 1. The molecule has 1 saturated carbocycles. The van der Waals surface area contributed by atoms with Crippen LogP contribution in [-0.4, -0.2) is 53.7 Å². The molecule has 3 aliphatic rings. The topological polar surface area (TPSA) is 95.9 Å². The number of nitrogens with one attached hydrogen (secondary N) is 1. The van der Waals surface area contributed by atoms with E-state index in [9.17, 15) is 14.4 Å². The Morgan fingerprint density at radius 1 is 0.941 bits per heavy atom. The van der Waals surface area contributed by atoms with E-state index in [1.807, 2.05) is 29.2 Å². The van der Waals surface area contributed by atoms with E-state index in [0.717, 1.165) is 12.8 Å². The molecule has 0 atom stereocenters. The number of rotatable bonds is 8. The van der Waals surface area contributed by atoms with E-state index in [0.29, 0.717) is 38.5 Å². The summed E-state index contributed by atoms with van der Waals surface area (Å²) in [6.07, 6.45) is 2.46. The van der Waals surface area contributed by atoms with Crippen LogP contribution in [0.5, 0.6) is 0 Å². The fourth-order valence-corrected chi connectivity index (χ4v) is 5.49. The molecule has 0 spiro atoms. The van der Waals surface area contributed by atoms with Gasteiger partial charge in [0.1, 0.15) is 6.61 Å². The number of fused-ring (bicyclic) bond motifs is 3. The van der Waals surface area contributed by atoms with Crippen LogP contribution in [-0.2, 0) is 14.3 Å². The van der Waals surface area contributed by atoms with Crippen LogP contribution in [0.4, 0.5) is 4.79 Å². The SMILES string of the molecule is O=C(O)CCC1CN(C(=O)CC2CC(NC(=O)OCC3c4ccccc4-c4ccccc43)C2)C1. The lowest BCUT2D eigenvalue weighted by Crippen LogP contribution is -2.52. The van der Waals surface area contributed by atoms with E-state index >= 15 is 0 Å². The first-order valence-electron chi connectivity index (χ1n) is 12.1. The number of alkyl carbamates (subject to hydrolysis) is 1. The summed E-state index contributed by atoms with van der Waals surface area (Å²) in [5.41, 5.74) is 4.79. The van der Waals surface area contributed by atoms with Gasteiger partial charge in [-0.15, -0.1) is 0 Å². The van der Waals surface area contributed by atoms with Crippen LogP contribution in [0.2, 0.25) is 0 Å². The minimum Gasteiger partial charge on any atom is -0.481 e. The van der Waals surface area contributed by atoms with Crippen LogP contribution < -0.4 is 5.32 Å². The van der Waals surface area contributed by atoms with Crippen LogP contribution in [0.1, 0.15) is 49.1 Å². The van der Waals surface area contributed by atoms with Crippen molar-refractivity contribution < 1.29 is 24.2 Å². The summed E-state index contributed by atoms with van der Waals surface area (Å²) in [6, 6.07) is 16.6. The summed E-state index contributed by atoms with van der Waals surface area (Å²) in [5.74, 6) is -0.0139. The van der Waals surface area contributed by atoms with Gasteiger partial charge in [0.05, 0.1) is 0 Å². The molecule has 0 unspecified atom stereocenters. The Kier molecular flexibility index (Phi) is 6.26. The number of hydrogen-bond acceptors (Lipinski definition) is 4. The van der Waals surface area contributed by atoms with Crippen LogP contribution >= 0.6 is 0 Å². The molecule has 7 nitrogen and oxygen atoms in total. The third-order valence-electron chi connectivity index (χ3n) is 7.44. The smallest absolute Gasteiger partial charge is 0.407 e. The maximum absolute atomic E-state index is 12.4. The van der Waals surface area contributed by atoms with Crippen molar-refractivity contribution in [2.24, 2.45) is 11.8 Å². The van der Waals surface area contributed by atoms with Crippen LogP contribution in [0.3, 0.4) is 0 Å². The van der Waals surface area contributed by atoms with Gasteiger partial charge in [0, 0.05) is 37.9 Å². The van der Waals surface area contributed by atoms with Gasteiger partial charge < -0.3 is 20.1 Å². The highest BCUT2D eigenvalue weighted by Gasteiger charge is 2.37. The summed E-state index contributed by atoms with van der Waals surface area (Å²) in [4.78, 5) is 37.3. The van der Waals surface area contributed by atoms with Gasteiger partial charge >= 0.3 is 12.1 Å². The first kappa shape index (κ1) is 22.4. The predicted molar refractivity (Wildman–Crippen MR) is 126 cm³/mol. The van der Waals surface area contributed by atoms with Gasteiger partial charge in [0.15, 0.2) is 0 Å². The van der Waals surface area contributed by atoms with Crippen molar-refractivity contribution in [2.75, 3.05) is 19.7 Å². The summed E-state index contributed by atoms with van der Waals surface area (Å²) in [5, 5.41) is 11.7. The molecule has 5 rings (SSSR count). The highest BCUT2D eigenvalue weighted by Crippen LogP contribution is 2.44. The average molecular weight is 463 g/mol. The van der Waals surface area contributed by atoms with Crippen molar-refractivity contribution in [3.8, 4) is 11.1 Å². The first-order valence-corrected chi connectivity index (χ1v) is 12.1. The van der Waals surface area contributed by atoms with Crippen molar-refractivity contribution in [2.45, 2.75) is 44.1 Å². The van der Waals surface area contributed by atoms with Gasteiger partial charge in [-0.05, 0) is 53.4 Å². The molecule has 34 heavy (non-hydrogen) atoms. The van der Waals surface area contributed by atoms with E-state index in [2.05, 4.69) is 29.6 Å². The van der Waals surface area contributed by atoms with E-state index in [1.165, 1.54) is 22.3 Å². The first-order chi connectivity index (χ1) is 16.5. The van der Waals surface area contributed by atoms with Crippen LogP contribution in [0, 0.1) is 11.8 Å². The molecule has 1 saturated heterocycles. The van der Waals surface area contributed by atoms with E-state index in [-0.39, 0.29) is 30.2 Å². The zero-order chi connectivity index (χ0) is 23.7. The zero-order valence-corrected chi connectivity index (χ0v) is 19.1. The van der Waals surface area contributed by atoms with Gasteiger partial charge in [-0.2, -0.15) is 0 Å². The van der Waals surface area contributed by atoms with Crippen molar-refractivity contribution >= 4 is 18.0 Å². The minimum absolute atomic E-state index is 0.0424. The van der Waals surface area contributed by atoms with E-state index in [1.54, 1.807) is 0 Å². The van der Waals surface area contributed by atoms with E-state index < -0.39 is 12.1 Å². The molecule has 2 amide bonds. The second-order valence-corrected chi connectivity index (χ2v) is 9.81. The highest BCUT2D eigenvalue weighted by atomic mass is 16.5. The lowest BCUT2D eigenvalue weighted by molar-refractivity contribution is -0.140. The number of benzene rings is 2. The van der Waals surface area contributed by atoms with Crippen molar-refractivity contribution in [3.05, 3.63) is 59.7 Å². The Labute approximate surface area is 199 Å². The summed E-state index contributed by atoms with van der Waals surface area (Å²) >= 11 is 0. The Balaban J connectivity index is 1.03. The maximum Gasteiger partial charge on any atom is 0.407 e. The van der Waals surface area contributed by atoms with Gasteiger partial charge in [-0.25, -0.2) is 4.79 Å².